The lowest BCUT2D eigenvalue weighted by atomic mass is 10.2. The van der Waals surface area contributed by atoms with E-state index in [1.807, 2.05) is 36.4 Å². The largest absolute Gasteiger partial charge is 0.368 e. The Kier molecular flexibility index (Phi) is 5.89. The summed E-state index contributed by atoms with van der Waals surface area (Å²) in [5, 5.41) is 1.25. The van der Waals surface area contributed by atoms with E-state index in [0.717, 1.165) is 11.3 Å². The first-order valence-corrected chi connectivity index (χ1v) is 10.5. The van der Waals surface area contributed by atoms with Gasteiger partial charge in [-0.15, -0.1) is 0 Å². The van der Waals surface area contributed by atoms with Crippen LogP contribution in [0.1, 0.15) is 5.56 Å². The lowest BCUT2D eigenvalue weighted by molar-refractivity contribution is 0.385. The standard InChI is InChI=1S/C18H20Cl2N2O2S/c19-16-6-7-17(20)18(14-16)21-9-11-22(12-10-21)25(23,24)13-8-15-4-2-1-3-5-15/h1-7,14H,8-13H2. The molecule has 1 heterocycles. The summed E-state index contributed by atoms with van der Waals surface area (Å²) < 4.78 is 26.7. The molecule has 0 aliphatic carbocycles. The number of rotatable bonds is 5. The number of hydrogen-bond donors (Lipinski definition) is 0. The third-order valence-corrected chi connectivity index (χ3v) is 6.80. The second kappa shape index (κ2) is 7.96. The van der Waals surface area contributed by atoms with Crippen molar-refractivity contribution < 1.29 is 8.42 Å². The number of nitrogens with zero attached hydrogens (tertiary/aromatic N) is 2. The predicted molar refractivity (Wildman–Crippen MR) is 104 cm³/mol. The van der Waals surface area contributed by atoms with Gasteiger partial charge in [-0.1, -0.05) is 53.5 Å². The summed E-state index contributed by atoms with van der Waals surface area (Å²) in [4.78, 5) is 2.08. The second-order valence-corrected chi connectivity index (χ2v) is 8.97. The molecule has 1 aliphatic heterocycles. The maximum Gasteiger partial charge on any atom is 0.214 e. The first kappa shape index (κ1) is 18.5. The molecule has 2 aromatic carbocycles. The number of hydrogen-bond acceptors (Lipinski definition) is 3. The van der Waals surface area contributed by atoms with Crippen LogP contribution < -0.4 is 4.90 Å². The normalized spacial score (nSPS) is 16.2. The average Bonchev–Trinajstić information content (AvgIpc) is 2.63. The highest BCUT2D eigenvalue weighted by Crippen LogP contribution is 2.30. The fourth-order valence-electron chi connectivity index (χ4n) is 2.96. The van der Waals surface area contributed by atoms with Crippen molar-refractivity contribution in [2.45, 2.75) is 6.42 Å². The van der Waals surface area contributed by atoms with Crippen molar-refractivity contribution in [3.05, 3.63) is 64.1 Å². The van der Waals surface area contributed by atoms with Gasteiger partial charge in [-0.05, 0) is 30.2 Å². The molecular weight excluding hydrogens is 379 g/mol. The van der Waals surface area contributed by atoms with Gasteiger partial charge in [0.05, 0.1) is 16.5 Å². The highest BCUT2D eigenvalue weighted by atomic mass is 35.5. The Hall–Kier alpha value is -1.27. The molecule has 2 aromatic rings. The molecular formula is C18H20Cl2N2O2S. The zero-order valence-corrected chi connectivity index (χ0v) is 16.1. The zero-order chi connectivity index (χ0) is 17.9. The quantitative estimate of drug-likeness (QED) is 0.770. The molecule has 4 nitrogen and oxygen atoms in total. The van der Waals surface area contributed by atoms with E-state index in [2.05, 4.69) is 4.90 Å². The Morgan fingerprint density at radius 1 is 0.920 bits per heavy atom. The molecule has 0 radical (unpaired) electrons. The molecule has 134 valence electrons. The van der Waals surface area contributed by atoms with Gasteiger partial charge in [0, 0.05) is 31.2 Å². The molecule has 0 aromatic heterocycles. The molecule has 0 atom stereocenters. The summed E-state index contributed by atoms with van der Waals surface area (Å²) in [5.74, 6) is 0.134. The molecule has 0 N–H and O–H groups in total. The van der Waals surface area contributed by atoms with Gasteiger partial charge in [0.15, 0.2) is 0 Å². The van der Waals surface area contributed by atoms with Crippen LogP contribution in [0.2, 0.25) is 10.0 Å². The summed E-state index contributed by atoms with van der Waals surface area (Å²) >= 11 is 12.3. The molecule has 0 unspecified atom stereocenters. The Morgan fingerprint density at radius 2 is 1.60 bits per heavy atom. The molecule has 7 heteroatoms. The fourth-order valence-corrected chi connectivity index (χ4v) is 4.83. The zero-order valence-electron chi connectivity index (χ0n) is 13.7. The molecule has 3 rings (SSSR count). The van der Waals surface area contributed by atoms with E-state index >= 15 is 0 Å². The van der Waals surface area contributed by atoms with Gasteiger partial charge in [-0.3, -0.25) is 0 Å². The van der Waals surface area contributed by atoms with E-state index in [1.165, 1.54) is 0 Å². The molecule has 25 heavy (non-hydrogen) atoms. The topological polar surface area (TPSA) is 40.6 Å². The van der Waals surface area contributed by atoms with E-state index < -0.39 is 10.0 Å². The maximum absolute atomic E-state index is 12.6. The summed E-state index contributed by atoms with van der Waals surface area (Å²) in [6.07, 6.45) is 0.531. The van der Waals surface area contributed by atoms with Gasteiger partial charge in [0.2, 0.25) is 10.0 Å². The van der Waals surface area contributed by atoms with Gasteiger partial charge in [-0.25, -0.2) is 8.42 Å². The third kappa shape index (κ3) is 4.67. The number of sulfonamides is 1. The Labute approximate surface area is 159 Å². The fraction of sp³-hybridized carbons (Fsp3) is 0.333. The third-order valence-electron chi connectivity index (χ3n) is 4.37. The SMILES string of the molecule is O=S(=O)(CCc1ccccc1)N1CCN(c2cc(Cl)ccc2Cl)CC1. The highest BCUT2D eigenvalue weighted by Gasteiger charge is 2.27. The summed E-state index contributed by atoms with van der Waals surface area (Å²) in [6.45, 7) is 2.12. The average molecular weight is 399 g/mol. The summed E-state index contributed by atoms with van der Waals surface area (Å²) in [5.41, 5.74) is 1.89. The van der Waals surface area contributed by atoms with Crippen LogP contribution in [0, 0.1) is 0 Å². The Morgan fingerprint density at radius 3 is 2.28 bits per heavy atom. The number of aryl methyl sites for hydroxylation is 1. The maximum atomic E-state index is 12.6. The Balaban J connectivity index is 1.60. The van der Waals surface area contributed by atoms with Gasteiger partial charge < -0.3 is 4.90 Å². The molecule has 0 spiro atoms. The van der Waals surface area contributed by atoms with Crippen LogP contribution in [0.15, 0.2) is 48.5 Å². The molecule has 0 amide bonds. The lowest BCUT2D eigenvalue weighted by Gasteiger charge is -2.35. The van der Waals surface area contributed by atoms with Crippen LogP contribution in [-0.4, -0.2) is 44.7 Å². The van der Waals surface area contributed by atoms with Crippen molar-refractivity contribution in [3.63, 3.8) is 0 Å². The lowest BCUT2D eigenvalue weighted by Crippen LogP contribution is -2.49. The van der Waals surface area contributed by atoms with Gasteiger partial charge in [0.1, 0.15) is 0 Å². The van der Waals surface area contributed by atoms with Gasteiger partial charge in [0.25, 0.3) is 0 Å². The van der Waals surface area contributed by atoms with E-state index in [9.17, 15) is 8.42 Å². The predicted octanol–water partition coefficient (Wildman–Crippen LogP) is 3.69. The first-order valence-electron chi connectivity index (χ1n) is 8.17. The highest BCUT2D eigenvalue weighted by molar-refractivity contribution is 7.89. The molecule has 1 fully saturated rings. The van der Waals surface area contributed by atoms with Crippen LogP contribution in [0.3, 0.4) is 0 Å². The van der Waals surface area contributed by atoms with E-state index in [0.29, 0.717) is 42.6 Å². The molecule has 0 bridgehead atoms. The number of anilines is 1. The minimum Gasteiger partial charge on any atom is -0.368 e. The van der Waals surface area contributed by atoms with Crippen molar-refractivity contribution >= 4 is 38.9 Å². The molecule has 1 aliphatic rings. The molecule has 1 saturated heterocycles. The second-order valence-electron chi connectivity index (χ2n) is 6.03. The number of halogens is 2. The van der Waals surface area contributed by atoms with Crippen LogP contribution in [-0.2, 0) is 16.4 Å². The van der Waals surface area contributed by atoms with Crippen molar-refractivity contribution in [1.82, 2.24) is 4.31 Å². The van der Waals surface area contributed by atoms with Gasteiger partial charge in [-0.2, -0.15) is 4.31 Å². The number of piperazine rings is 1. The minimum atomic E-state index is -3.26. The van der Waals surface area contributed by atoms with E-state index in [4.69, 9.17) is 23.2 Å². The van der Waals surface area contributed by atoms with Crippen molar-refractivity contribution in [2.75, 3.05) is 36.8 Å². The van der Waals surface area contributed by atoms with Crippen LogP contribution >= 0.6 is 23.2 Å². The monoisotopic (exact) mass is 398 g/mol. The van der Waals surface area contributed by atoms with Crippen molar-refractivity contribution in [1.29, 1.82) is 0 Å². The van der Waals surface area contributed by atoms with E-state index in [-0.39, 0.29) is 5.75 Å². The minimum absolute atomic E-state index is 0.134. The first-order chi connectivity index (χ1) is 12.0. The smallest absolute Gasteiger partial charge is 0.214 e. The van der Waals surface area contributed by atoms with Crippen LogP contribution in [0.4, 0.5) is 5.69 Å². The number of benzene rings is 2. The van der Waals surface area contributed by atoms with Crippen LogP contribution in [0.25, 0.3) is 0 Å². The van der Waals surface area contributed by atoms with Crippen LogP contribution in [0.5, 0.6) is 0 Å². The summed E-state index contributed by atoms with van der Waals surface area (Å²) in [6, 6.07) is 15.0. The van der Waals surface area contributed by atoms with E-state index in [1.54, 1.807) is 16.4 Å². The summed E-state index contributed by atoms with van der Waals surface area (Å²) in [7, 11) is -3.26. The van der Waals surface area contributed by atoms with Crippen molar-refractivity contribution in [3.8, 4) is 0 Å². The van der Waals surface area contributed by atoms with Crippen molar-refractivity contribution in [2.24, 2.45) is 0 Å². The molecule has 0 saturated carbocycles. The Bertz CT molecular complexity index is 820. The van der Waals surface area contributed by atoms with Gasteiger partial charge >= 0.3 is 0 Å².